The lowest BCUT2D eigenvalue weighted by atomic mass is 10.1. The molecule has 24 heavy (non-hydrogen) atoms. The molecule has 2 atom stereocenters. The first-order valence-corrected chi connectivity index (χ1v) is 10.8. The van der Waals surface area contributed by atoms with Crippen molar-refractivity contribution in [1.29, 1.82) is 0 Å². The van der Waals surface area contributed by atoms with Gasteiger partial charge in [0.15, 0.2) is 0 Å². The zero-order chi connectivity index (χ0) is 18.6. The summed E-state index contributed by atoms with van der Waals surface area (Å²) in [5.41, 5.74) is 0. The average Bonchev–Trinajstić information content (AvgIpc) is 2.42. The fourth-order valence-corrected chi connectivity index (χ4v) is 4.45. The summed E-state index contributed by atoms with van der Waals surface area (Å²) < 4.78 is 17.1. The van der Waals surface area contributed by atoms with E-state index >= 15 is 0 Å². The molecule has 0 aliphatic carbocycles. The summed E-state index contributed by atoms with van der Waals surface area (Å²) in [6.45, 7) is 2.35. The molecule has 0 heterocycles. The Labute approximate surface area is 147 Å². The number of carbonyl (C=O) groups is 1. The first kappa shape index (κ1) is 23.6. The number of quaternary nitrogens is 1. The Balaban J connectivity index is 3.86. The SMILES string of the molecule is CCCCCCCCCCCCOP(=O)(O)C(C(=O)O)[N+](C)(C)C. The summed E-state index contributed by atoms with van der Waals surface area (Å²) in [4.78, 5) is 21.2. The van der Waals surface area contributed by atoms with Gasteiger partial charge in [0.05, 0.1) is 27.7 Å². The van der Waals surface area contributed by atoms with Crippen LogP contribution in [-0.2, 0) is 13.9 Å². The average molecular weight is 366 g/mol. The minimum absolute atomic E-state index is 0.133. The highest BCUT2D eigenvalue weighted by atomic mass is 31.2. The van der Waals surface area contributed by atoms with Crippen LogP contribution < -0.4 is 0 Å². The van der Waals surface area contributed by atoms with Crippen molar-refractivity contribution in [2.75, 3.05) is 27.7 Å². The normalized spacial score (nSPS) is 15.9. The maximum Gasteiger partial charge on any atom is 0.396 e. The van der Waals surface area contributed by atoms with Gasteiger partial charge in [-0.3, -0.25) is 4.57 Å². The molecular formula is C17H37NO5P+. The maximum absolute atomic E-state index is 12.2. The van der Waals surface area contributed by atoms with Crippen LogP contribution in [0.15, 0.2) is 0 Å². The number of likely N-dealkylation sites (N-methyl/N-ethyl adjacent to an activating group) is 1. The summed E-state index contributed by atoms with van der Waals surface area (Å²) in [7, 11) is 0.540. The van der Waals surface area contributed by atoms with Crippen LogP contribution in [0.5, 0.6) is 0 Å². The largest absolute Gasteiger partial charge is 0.476 e. The lowest BCUT2D eigenvalue weighted by Gasteiger charge is -2.32. The molecule has 0 saturated heterocycles. The smallest absolute Gasteiger partial charge is 0.396 e. The van der Waals surface area contributed by atoms with Crippen molar-refractivity contribution in [1.82, 2.24) is 0 Å². The number of aliphatic carboxylic acids is 1. The van der Waals surface area contributed by atoms with E-state index in [0.29, 0.717) is 6.42 Å². The molecule has 0 spiro atoms. The second-order valence-electron chi connectivity index (χ2n) is 7.41. The Morgan fingerprint density at radius 3 is 1.75 bits per heavy atom. The van der Waals surface area contributed by atoms with Crippen LogP contribution in [0.3, 0.4) is 0 Å². The number of carboxylic acids is 1. The van der Waals surface area contributed by atoms with Crippen molar-refractivity contribution in [3.8, 4) is 0 Å². The molecule has 0 aromatic rings. The van der Waals surface area contributed by atoms with Gasteiger partial charge in [-0.2, -0.15) is 0 Å². The quantitative estimate of drug-likeness (QED) is 0.257. The van der Waals surface area contributed by atoms with E-state index < -0.39 is 19.3 Å². The zero-order valence-electron chi connectivity index (χ0n) is 15.9. The van der Waals surface area contributed by atoms with Crippen LogP contribution in [0.1, 0.15) is 71.1 Å². The van der Waals surface area contributed by atoms with Crippen LogP contribution in [0, 0.1) is 0 Å². The van der Waals surface area contributed by atoms with Crippen molar-refractivity contribution in [3.63, 3.8) is 0 Å². The highest BCUT2D eigenvalue weighted by Gasteiger charge is 2.48. The minimum Gasteiger partial charge on any atom is -0.476 e. The van der Waals surface area contributed by atoms with Crippen LogP contribution in [0.4, 0.5) is 0 Å². The molecule has 0 bridgehead atoms. The third kappa shape index (κ3) is 10.4. The third-order valence-corrected chi connectivity index (χ3v) is 6.12. The van der Waals surface area contributed by atoms with E-state index in [1.54, 1.807) is 21.1 Å². The van der Waals surface area contributed by atoms with Gasteiger partial charge < -0.3 is 19.0 Å². The van der Waals surface area contributed by atoms with E-state index in [4.69, 9.17) is 4.52 Å². The molecule has 0 radical (unpaired) electrons. The Morgan fingerprint density at radius 1 is 0.958 bits per heavy atom. The highest BCUT2D eigenvalue weighted by molar-refractivity contribution is 7.54. The number of unbranched alkanes of at least 4 members (excludes halogenated alkanes) is 9. The predicted molar refractivity (Wildman–Crippen MR) is 97.1 cm³/mol. The van der Waals surface area contributed by atoms with Crippen LogP contribution in [-0.4, -0.2) is 54.0 Å². The van der Waals surface area contributed by atoms with Crippen molar-refractivity contribution in [2.45, 2.75) is 76.9 Å². The van der Waals surface area contributed by atoms with Gasteiger partial charge in [0.2, 0.25) is 0 Å². The highest BCUT2D eigenvalue weighted by Crippen LogP contribution is 2.50. The number of nitrogens with zero attached hydrogens (tertiary/aromatic N) is 1. The first-order valence-electron chi connectivity index (χ1n) is 9.14. The van der Waals surface area contributed by atoms with Crippen molar-refractivity contribution >= 4 is 13.6 Å². The maximum atomic E-state index is 12.2. The predicted octanol–water partition coefficient (Wildman–Crippen LogP) is 4.23. The molecule has 0 aliphatic rings. The molecule has 2 unspecified atom stereocenters. The molecule has 0 saturated carbocycles. The molecule has 2 N–H and O–H groups in total. The van der Waals surface area contributed by atoms with E-state index in [0.717, 1.165) is 12.8 Å². The fourth-order valence-electron chi connectivity index (χ4n) is 2.76. The van der Waals surface area contributed by atoms with Crippen LogP contribution in [0.25, 0.3) is 0 Å². The van der Waals surface area contributed by atoms with Crippen molar-refractivity contribution in [3.05, 3.63) is 0 Å². The zero-order valence-corrected chi connectivity index (χ0v) is 16.8. The van der Waals surface area contributed by atoms with Gasteiger partial charge in [0.1, 0.15) is 0 Å². The molecule has 0 amide bonds. The van der Waals surface area contributed by atoms with Gasteiger partial charge in [-0.25, -0.2) is 4.79 Å². The molecule has 0 fully saturated rings. The van der Waals surface area contributed by atoms with Gasteiger partial charge in [-0.15, -0.1) is 0 Å². The van der Waals surface area contributed by atoms with Crippen LogP contribution in [0.2, 0.25) is 0 Å². The lowest BCUT2D eigenvalue weighted by Crippen LogP contribution is -2.49. The summed E-state index contributed by atoms with van der Waals surface area (Å²) in [6, 6.07) is 0. The molecule has 144 valence electrons. The molecule has 6 nitrogen and oxygen atoms in total. The number of rotatable bonds is 15. The minimum atomic E-state index is -4.18. The second kappa shape index (κ2) is 12.0. The number of carboxylic acid groups (broad SMARTS) is 1. The van der Waals surface area contributed by atoms with Crippen molar-refractivity contribution < 1.29 is 28.4 Å². The second-order valence-corrected chi connectivity index (χ2v) is 9.28. The Bertz CT molecular complexity index is 395. The number of hydrogen-bond acceptors (Lipinski definition) is 3. The molecular weight excluding hydrogens is 329 g/mol. The van der Waals surface area contributed by atoms with Gasteiger partial charge >= 0.3 is 13.6 Å². The molecule has 0 aliphatic heterocycles. The monoisotopic (exact) mass is 366 g/mol. The van der Waals surface area contributed by atoms with Gasteiger partial charge in [-0.05, 0) is 6.42 Å². The Morgan fingerprint density at radius 2 is 1.38 bits per heavy atom. The summed E-state index contributed by atoms with van der Waals surface area (Å²) in [5.74, 6) is -2.77. The topological polar surface area (TPSA) is 83.8 Å². The summed E-state index contributed by atoms with van der Waals surface area (Å²) >= 11 is 0. The van der Waals surface area contributed by atoms with E-state index in [1.165, 1.54) is 44.9 Å². The number of hydrogen-bond donors (Lipinski definition) is 2. The molecule has 0 aromatic heterocycles. The fraction of sp³-hybridized carbons (Fsp3) is 0.941. The van der Waals surface area contributed by atoms with Gasteiger partial charge in [0, 0.05) is 0 Å². The summed E-state index contributed by atoms with van der Waals surface area (Å²) in [5, 5.41) is 9.19. The van der Waals surface area contributed by atoms with E-state index in [2.05, 4.69) is 6.92 Å². The first-order chi connectivity index (χ1) is 11.1. The van der Waals surface area contributed by atoms with Crippen molar-refractivity contribution in [2.24, 2.45) is 0 Å². The van der Waals surface area contributed by atoms with Gasteiger partial charge in [-0.1, -0.05) is 64.7 Å². The standard InChI is InChI=1S/C17H36NO5P/c1-5-6-7-8-9-10-11-12-13-14-15-23-24(21,22)16(17(19)20)18(2,3)4/h16H,5-15H2,1-4H3,(H-,19,20,21,22)/p+1. The summed E-state index contributed by atoms with van der Waals surface area (Å²) in [6.07, 6.45) is 11.6. The Kier molecular flexibility index (Phi) is 11.8. The molecule has 0 aromatic carbocycles. The molecule has 7 heteroatoms. The van der Waals surface area contributed by atoms with Crippen LogP contribution >= 0.6 is 7.60 Å². The van der Waals surface area contributed by atoms with Gasteiger partial charge in [0.25, 0.3) is 5.78 Å². The lowest BCUT2D eigenvalue weighted by molar-refractivity contribution is -0.875. The van der Waals surface area contributed by atoms with E-state index in [9.17, 15) is 19.4 Å². The van der Waals surface area contributed by atoms with E-state index in [-0.39, 0.29) is 11.1 Å². The third-order valence-electron chi connectivity index (χ3n) is 4.04. The van der Waals surface area contributed by atoms with E-state index in [1.807, 2.05) is 0 Å². The molecule has 0 rings (SSSR count). The Hall–Kier alpha value is -0.420.